The number of hydrogen-bond donors (Lipinski definition) is 0. The predicted octanol–water partition coefficient (Wildman–Crippen LogP) is 1.35. The first kappa shape index (κ1) is 20.5. The molecular formula is C19H31N3O4S. The molecule has 2 unspecified atom stereocenters. The molecule has 8 heteroatoms. The molecule has 0 radical (unpaired) electrons. The van der Waals surface area contributed by atoms with Crippen molar-refractivity contribution in [1.82, 2.24) is 13.5 Å². The van der Waals surface area contributed by atoms with Gasteiger partial charge >= 0.3 is 0 Å². The largest absolute Gasteiger partial charge is 0.492 e. The Morgan fingerprint density at radius 3 is 2.37 bits per heavy atom. The second-order valence-electron chi connectivity index (χ2n) is 7.49. The van der Waals surface area contributed by atoms with Crippen LogP contribution < -0.4 is 4.74 Å². The molecule has 27 heavy (non-hydrogen) atoms. The van der Waals surface area contributed by atoms with Crippen molar-refractivity contribution in [1.29, 1.82) is 0 Å². The van der Waals surface area contributed by atoms with Crippen LogP contribution in [-0.2, 0) is 14.9 Å². The van der Waals surface area contributed by atoms with Crippen LogP contribution in [0.3, 0.4) is 0 Å². The molecule has 0 N–H and O–H groups in total. The molecule has 2 fully saturated rings. The average molecular weight is 398 g/mol. The second kappa shape index (κ2) is 8.87. The van der Waals surface area contributed by atoms with Gasteiger partial charge in [-0.15, -0.1) is 0 Å². The number of piperazine rings is 1. The normalized spacial score (nSPS) is 26.2. The highest BCUT2D eigenvalue weighted by molar-refractivity contribution is 7.86. The molecule has 0 amide bonds. The third-order valence-corrected chi connectivity index (χ3v) is 7.00. The maximum Gasteiger partial charge on any atom is 0.282 e. The van der Waals surface area contributed by atoms with Crippen LogP contribution in [0.1, 0.15) is 19.4 Å². The third kappa shape index (κ3) is 5.42. The Bertz CT molecular complexity index is 709. The number of aryl methyl sites for hydroxylation is 1. The lowest BCUT2D eigenvalue weighted by Gasteiger charge is -2.40. The van der Waals surface area contributed by atoms with Crippen LogP contribution in [0.15, 0.2) is 24.3 Å². The SMILES string of the molecule is Cc1cccc(OCCN2CCN(S(=O)(=O)N3CC(C)OC(C)C3)CC2)c1. The number of benzene rings is 1. The maximum absolute atomic E-state index is 12.9. The molecule has 7 nitrogen and oxygen atoms in total. The molecule has 1 aromatic carbocycles. The van der Waals surface area contributed by atoms with E-state index in [1.54, 1.807) is 8.61 Å². The molecule has 3 rings (SSSR count). The summed E-state index contributed by atoms with van der Waals surface area (Å²) < 4.78 is 40.5. The summed E-state index contributed by atoms with van der Waals surface area (Å²) >= 11 is 0. The van der Waals surface area contributed by atoms with Crippen molar-refractivity contribution in [2.75, 3.05) is 52.4 Å². The lowest BCUT2D eigenvalue weighted by molar-refractivity contribution is -0.0457. The van der Waals surface area contributed by atoms with E-state index >= 15 is 0 Å². The molecule has 2 atom stereocenters. The first-order chi connectivity index (χ1) is 12.8. The molecule has 2 aliphatic heterocycles. The van der Waals surface area contributed by atoms with Gasteiger partial charge in [0.1, 0.15) is 12.4 Å². The smallest absolute Gasteiger partial charge is 0.282 e. The number of rotatable bonds is 6. The molecule has 2 aliphatic rings. The quantitative estimate of drug-likeness (QED) is 0.725. The molecule has 0 spiro atoms. The Labute approximate surface area is 163 Å². The standard InChI is InChI=1S/C19H31N3O4S/c1-16-5-4-6-19(13-16)25-12-11-20-7-9-21(10-8-20)27(23,24)22-14-17(2)26-18(3)15-22/h4-6,13,17-18H,7-12,14-15H2,1-3H3. The van der Waals surface area contributed by atoms with E-state index < -0.39 is 10.2 Å². The van der Waals surface area contributed by atoms with Crippen LogP contribution in [0.2, 0.25) is 0 Å². The maximum atomic E-state index is 12.9. The molecule has 152 valence electrons. The van der Waals surface area contributed by atoms with Crippen molar-refractivity contribution in [2.45, 2.75) is 33.0 Å². The summed E-state index contributed by atoms with van der Waals surface area (Å²) in [5.74, 6) is 0.881. The number of morpholine rings is 1. The summed E-state index contributed by atoms with van der Waals surface area (Å²) in [5.41, 5.74) is 1.18. The Hall–Kier alpha value is -1.19. The van der Waals surface area contributed by atoms with Crippen LogP contribution in [0.4, 0.5) is 0 Å². The third-order valence-electron chi connectivity index (χ3n) is 5.04. The van der Waals surface area contributed by atoms with Crippen molar-refractivity contribution >= 4 is 10.2 Å². The number of nitrogens with zero attached hydrogens (tertiary/aromatic N) is 3. The van der Waals surface area contributed by atoms with Crippen LogP contribution in [-0.4, -0.2) is 86.6 Å². The summed E-state index contributed by atoms with van der Waals surface area (Å²) in [6, 6.07) is 8.01. The summed E-state index contributed by atoms with van der Waals surface area (Å²) in [4.78, 5) is 2.26. The Kier molecular flexibility index (Phi) is 6.75. The zero-order chi connectivity index (χ0) is 19.4. The van der Waals surface area contributed by atoms with Gasteiger partial charge in [0.25, 0.3) is 10.2 Å². The van der Waals surface area contributed by atoms with Gasteiger partial charge in [-0.1, -0.05) is 12.1 Å². The van der Waals surface area contributed by atoms with Gasteiger partial charge < -0.3 is 9.47 Å². The zero-order valence-electron chi connectivity index (χ0n) is 16.5. The van der Waals surface area contributed by atoms with E-state index in [1.807, 2.05) is 45.0 Å². The van der Waals surface area contributed by atoms with E-state index in [0.29, 0.717) is 32.8 Å². The van der Waals surface area contributed by atoms with Gasteiger partial charge in [0.15, 0.2) is 0 Å². The summed E-state index contributed by atoms with van der Waals surface area (Å²) in [7, 11) is -3.41. The predicted molar refractivity (Wildman–Crippen MR) is 105 cm³/mol. The lowest BCUT2D eigenvalue weighted by Crippen LogP contribution is -2.57. The van der Waals surface area contributed by atoms with Gasteiger partial charge in [-0.3, -0.25) is 4.90 Å². The molecule has 2 saturated heterocycles. The monoisotopic (exact) mass is 397 g/mol. The van der Waals surface area contributed by atoms with Gasteiger partial charge in [0, 0.05) is 45.8 Å². The second-order valence-corrected chi connectivity index (χ2v) is 9.42. The molecule has 0 bridgehead atoms. The van der Waals surface area contributed by atoms with Crippen molar-refractivity contribution in [2.24, 2.45) is 0 Å². The van der Waals surface area contributed by atoms with E-state index in [9.17, 15) is 8.42 Å². The van der Waals surface area contributed by atoms with Crippen molar-refractivity contribution in [3.8, 4) is 5.75 Å². The van der Waals surface area contributed by atoms with Gasteiger partial charge in [0.05, 0.1) is 12.2 Å². The fourth-order valence-electron chi connectivity index (χ4n) is 3.66. The van der Waals surface area contributed by atoms with Crippen LogP contribution in [0.5, 0.6) is 5.75 Å². The van der Waals surface area contributed by atoms with E-state index in [1.165, 1.54) is 5.56 Å². The van der Waals surface area contributed by atoms with Crippen molar-refractivity contribution in [3.63, 3.8) is 0 Å². The number of hydrogen-bond acceptors (Lipinski definition) is 5. The van der Waals surface area contributed by atoms with E-state index in [0.717, 1.165) is 25.4 Å². The van der Waals surface area contributed by atoms with Crippen molar-refractivity contribution < 1.29 is 17.9 Å². The van der Waals surface area contributed by atoms with E-state index in [-0.39, 0.29) is 12.2 Å². The highest BCUT2D eigenvalue weighted by Crippen LogP contribution is 2.19. The van der Waals surface area contributed by atoms with Gasteiger partial charge in [-0.05, 0) is 38.5 Å². The summed E-state index contributed by atoms with van der Waals surface area (Å²) in [5, 5.41) is 0. The minimum atomic E-state index is -3.41. The topological polar surface area (TPSA) is 62.3 Å². The minimum absolute atomic E-state index is 0.0661. The van der Waals surface area contributed by atoms with Crippen molar-refractivity contribution in [3.05, 3.63) is 29.8 Å². The minimum Gasteiger partial charge on any atom is -0.492 e. The highest BCUT2D eigenvalue weighted by atomic mass is 32.2. The fourth-order valence-corrected chi connectivity index (χ4v) is 5.41. The van der Waals surface area contributed by atoms with Crippen LogP contribution >= 0.6 is 0 Å². The van der Waals surface area contributed by atoms with Crippen LogP contribution in [0.25, 0.3) is 0 Å². The van der Waals surface area contributed by atoms with Gasteiger partial charge in [-0.2, -0.15) is 17.0 Å². The van der Waals surface area contributed by atoms with Crippen LogP contribution in [0, 0.1) is 6.92 Å². The molecule has 0 saturated carbocycles. The van der Waals surface area contributed by atoms with E-state index in [2.05, 4.69) is 4.90 Å². The van der Waals surface area contributed by atoms with Gasteiger partial charge in [0.2, 0.25) is 0 Å². The van der Waals surface area contributed by atoms with Gasteiger partial charge in [-0.25, -0.2) is 0 Å². The molecule has 0 aromatic heterocycles. The Morgan fingerprint density at radius 2 is 1.74 bits per heavy atom. The first-order valence-corrected chi connectivity index (χ1v) is 11.1. The zero-order valence-corrected chi connectivity index (χ0v) is 17.3. The number of ether oxygens (including phenoxy) is 2. The molecule has 0 aliphatic carbocycles. The Morgan fingerprint density at radius 1 is 1.07 bits per heavy atom. The molecule has 1 aromatic rings. The summed E-state index contributed by atoms with van der Waals surface area (Å²) in [6.07, 6.45) is -0.132. The lowest BCUT2D eigenvalue weighted by atomic mass is 10.2. The first-order valence-electron chi connectivity index (χ1n) is 9.67. The average Bonchev–Trinajstić information content (AvgIpc) is 2.61. The summed E-state index contributed by atoms with van der Waals surface area (Å²) in [6.45, 7) is 10.6. The Balaban J connectivity index is 1.45. The molecular weight excluding hydrogens is 366 g/mol. The fraction of sp³-hybridized carbons (Fsp3) is 0.684. The highest BCUT2D eigenvalue weighted by Gasteiger charge is 2.36. The molecule has 2 heterocycles. The van der Waals surface area contributed by atoms with E-state index in [4.69, 9.17) is 9.47 Å².